The van der Waals surface area contributed by atoms with E-state index < -0.39 is 11.6 Å². The van der Waals surface area contributed by atoms with Crippen LogP contribution in [-0.2, 0) is 0 Å². The molecule has 4 aromatic rings. The first-order valence-electron chi connectivity index (χ1n) is 9.74. The molecule has 152 valence electrons. The number of ketones is 2. The molecule has 0 spiro atoms. The topological polar surface area (TPSA) is 70.8 Å². The van der Waals surface area contributed by atoms with Gasteiger partial charge in [0.25, 0.3) is 0 Å². The maximum atomic E-state index is 13.4. The van der Waals surface area contributed by atoms with Gasteiger partial charge >= 0.3 is 0 Å². The summed E-state index contributed by atoms with van der Waals surface area (Å²) in [5.41, 5.74) is 2.00. The van der Waals surface area contributed by atoms with E-state index in [1.165, 1.54) is 36.0 Å². The first-order valence-corrected chi connectivity index (χ1v) is 10.6. The molecule has 0 saturated heterocycles. The monoisotopic (exact) mass is 436 g/mol. The van der Waals surface area contributed by atoms with Crippen molar-refractivity contribution >= 4 is 23.3 Å². The fourth-order valence-electron chi connectivity index (χ4n) is 3.77. The highest BCUT2D eigenvalue weighted by Gasteiger charge is 2.36. The fraction of sp³-hybridized carbons (Fsp3) is 0. The van der Waals surface area contributed by atoms with Gasteiger partial charge in [0.2, 0.25) is 5.78 Å². The van der Waals surface area contributed by atoms with Crippen LogP contribution in [0.1, 0.15) is 37.5 Å². The number of benzene rings is 3. The van der Waals surface area contributed by atoms with Crippen LogP contribution in [0.25, 0.3) is 11.1 Å². The van der Waals surface area contributed by atoms with E-state index in [-0.39, 0.29) is 28.2 Å². The normalized spacial score (nSPS) is 11.6. The van der Waals surface area contributed by atoms with Crippen LogP contribution in [0, 0.1) is 17.1 Å². The van der Waals surface area contributed by atoms with E-state index in [1.807, 2.05) is 30.3 Å². The number of aromatic nitrogens is 1. The quantitative estimate of drug-likeness (QED) is 0.339. The van der Waals surface area contributed by atoms with Crippen molar-refractivity contribution in [2.45, 2.75) is 9.92 Å². The standard InChI is InChI=1S/C26H13FN2O2S/c27-16-12-10-15(11-13-16)24(30)23-22-21(18-8-4-5-9-19(18)25(22)31)20(14-28)26(29-23)32-17-6-2-1-3-7-17/h1-13H. The Labute approximate surface area is 187 Å². The first-order chi connectivity index (χ1) is 15.6. The number of hydrogen-bond donors (Lipinski definition) is 0. The van der Waals surface area contributed by atoms with Gasteiger partial charge in [-0.25, -0.2) is 9.37 Å². The minimum absolute atomic E-state index is 0.0368. The molecule has 1 aromatic heterocycles. The SMILES string of the molecule is N#Cc1c(Sc2ccccc2)nc(C(=O)c2ccc(F)cc2)c2c1-c1ccccc1C2=O. The Morgan fingerprint density at radius 2 is 1.53 bits per heavy atom. The maximum absolute atomic E-state index is 13.4. The molecule has 0 fully saturated rings. The van der Waals surface area contributed by atoms with Gasteiger partial charge in [0.1, 0.15) is 22.6 Å². The van der Waals surface area contributed by atoms with Crippen LogP contribution in [-0.4, -0.2) is 16.6 Å². The molecule has 5 rings (SSSR count). The van der Waals surface area contributed by atoms with Crippen LogP contribution in [0.15, 0.2) is 88.8 Å². The summed E-state index contributed by atoms with van der Waals surface area (Å²) >= 11 is 1.25. The van der Waals surface area contributed by atoms with E-state index in [0.717, 1.165) is 4.90 Å². The Morgan fingerprint density at radius 1 is 0.875 bits per heavy atom. The Morgan fingerprint density at radius 3 is 2.22 bits per heavy atom. The third-order valence-electron chi connectivity index (χ3n) is 5.22. The summed E-state index contributed by atoms with van der Waals surface area (Å²) in [5, 5.41) is 10.3. The molecule has 0 N–H and O–H groups in total. The second-order valence-electron chi connectivity index (χ2n) is 7.13. The first kappa shape index (κ1) is 19.9. The molecular formula is C26H13FN2O2S. The van der Waals surface area contributed by atoms with Gasteiger partial charge in [-0.3, -0.25) is 9.59 Å². The van der Waals surface area contributed by atoms with Gasteiger partial charge in [-0.05, 0) is 42.0 Å². The van der Waals surface area contributed by atoms with Crippen LogP contribution in [0.3, 0.4) is 0 Å². The van der Waals surface area contributed by atoms with E-state index in [4.69, 9.17) is 0 Å². The molecule has 0 bridgehead atoms. The maximum Gasteiger partial charge on any atom is 0.212 e. The zero-order valence-corrected chi connectivity index (χ0v) is 17.3. The van der Waals surface area contributed by atoms with Gasteiger partial charge in [0.15, 0.2) is 5.78 Å². The van der Waals surface area contributed by atoms with E-state index >= 15 is 0 Å². The summed E-state index contributed by atoms with van der Waals surface area (Å²) in [6, 6.07) is 23.6. The van der Waals surface area contributed by atoms with Crippen LogP contribution in [0.2, 0.25) is 0 Å². The summed E-state index contributed by atoms with van der Waals surface area (Å²) in [6.07, 6.45) is 0. The van der Waals surface area contributed by atoms with Crippen LogP contribution < -0.4 is 0 Å². The van der Waals surface area contributed by atoms with Crippen molar-refractivity contribution in [2.75, 3.05) is 0 Å². The molecule has 0 atom stereocenters. The second-order valence-corrected chi connectivity index (χ2v) is 8.19. The van der Waals surface area contributed by atoms with Crippen molar-refractivity contribution in [1.29, 1.82) is 5.26 Å². The van der Waals surface area contributed by atoms with Gasteiger partial charge in [0.05, 0.1) is 11.1 Å². The number of nitrogens with zero attached hydrogens (tertiary/aromatic N) is 2. The molecule has 0 saturated carbocycles. The lowest BCUT2D eigenvalue weighted by molar-refractivity contribution is 0.100. The van der Waals surface area contributed by atoms with Crippen molar-refractivity contribution in [1.82, 2.24) is 4.98 Å². The smallest absolute Gasteiger partial charge is 0.212 e. The summed E-state index contributed by atoms with van der Waals surface area (Å²) in [5.74, 6) is -1.31. The molecule has 1 aliphatic carbocycles. The van der Waals surface area contributed by atoms with E-state index in [2.05, 4.69) is 11.1 Å². The highest BCUT2D eigenvalue weighted by molar-refractivity contribution is 7.99. The zero-order chi connectivity index (χ0) is 22.2. The van der Waals surface area contributed by atoms with Gasteiger partial charge in [-0.15, -0.1) is 0 Å². The Kier molecular flexibility index (Phi) is 4.89. The van der Waals surface area contributed by atoms with Gasteiger partial charge < -0.3 is 0 Å². The summed E-state index contributed by atoms with van der Waals surface area (Å²) < 4.78 is 13.4. The Balaban J connectivity index is 1.78. The third kappa shape index (κ3) is 3.20. The number of rotatable bonds is 4. The average Bonchev–Trinajstić information content (AvgIpc) is 3.12. The van der Waals surface area contributed by atoms with Crippen molar-refractivity contribution in [3.05, 3.63) is 113 Å². The van der Waals surface area contributed by atoms with Gasteiger partial charge in [-0.1, -0.05) is 54.2 Å². The molecule has 4 nitrogen and oxygen atoms in total. The summed E-state index contributed by atoms with van der Waals surface area (Å²) in [4.78, 5) is 32.0. The molecule has 0 unspecified atom stereocenters. The van der Waals surface area contributed by atoms with Crippen molar-refractivity contribution in [3.8, 4) is 17.2 Å². The van der Waals surface area contributed by atoms with Crippen molar-refractivity contribution in [2.24, 2.45) is 0 Å². The number of carbonyl (C=O) groups is 2. The third-order valence-corrected chi connectivity index (χ3v) is 6.22. The molecule has 3 aromatic carbocycles. The summed E-state index contributed by atoms with van der Waals surface area (Å²) in [7, 11) is 0. The van der Waals surface area contributed by atoms with E-state index in [1.54, 1.807) is 24.3 Å². The molecule has 0 aliphatic heterocycles. The van der Waals surface area contributed by atoms with Crippen LogP contribution in [0.4, 0.5) is 4.39 Å². The van der Waals surface area contributed by atoms with Crippen molar-refractivity contribution < 1.29 is 14.0 Å². The summed E-state index contributed by atoms with van der Waals surface area (Å²) in [6.45, 7) is 0. The molecule has 0 amide bonds. The Bertz CT molecular complexity index is 1440. The lowest BCUT2D eigenvalue weighted by Crippen LogP contribution is -2.13. The number of nitriles is 1. The lowest BCUT2D eigenvalue weighted by Gasteiger charge is -2.12. The van der Waals surface area contributed by atoms with E-state index in [9.17, 15) is 19.2 Å². The minimum atomic E-state index is -0.498. The number of pyridine rings is 1. The zero-order valence-electron chi connectivity index (χ0n) is 16.5. The molecule has 32 heavy (non-hydrogen) atoms. The minimum Gasteiger partial charge on any atom is -0.288 e. The molecule has 1 aliphatic rings. The average molecular weight is 436 g/mol. The number of carbonyl (C=O) groups excluding carboxylic acids is 2. The number of fused-ring (bicyclic) bond motifs is 3. The van der Waals surface area contributed by atoms with Crippen LogP contribution >= 0.6 is 11.8 Å². The second kappa shape index (κ2) is 7.88. The van der Waals surface area contributed by atoms with Gasteiger partial charge in [-0.2, -0.15) is 5.26 Å². The van der Waals surface area contributed by atoms with E-state index in [0.29, 0.717) is 21.7 Å². The molecule has 0 radical (unpaired) electrons. The number of hydrogen-bond acceptors (Lipinski definition) is 5. The van der Waals surface area contributed by atoms with Crippen LogP contribution in [0.5, 0.6) is 0 Å². The van der Waals surface area contributed by atoms with Gasteiger partial charge in [0, 0.05) is 21.6 Å². The Hall–Kier alpha value is -4.08. The highest BCUT2D eigenvalue weighted by Crippen LogP contribution is 2.44. The predicted molar refractivity (Wildman–Crippen MR) is 118 cm³/mol. The molecular weight excluding hydrogens is 423 g/mol. The largest absolute Gasteiger partial charge is 0.288 e. The molecule has 6 heteroatoms. The van der Waals surface area contributed by atoms with Crippen molar-refractivity contribution in [3.63, 3.8) is 0 Å². The predicted octanol–water partition coefficient (Wildman–Crippen LogP) is 5.69. The fourth-order valence-corrected chi connectivity index (χ4v) is 4.67. The highest BCUT2D eigenvalue weighted by atomic mass is 32.2. The lowest BCUT2D eigenvalue weighted by atomic mass is 9.97. The number of halogens is 1. The molecule has 1 heterocycles.